The molecule has 1 aliphatic carbocycles. The third-order valence-corrected chi connectivity index (χ3v) is 6.83. The van der Waals surface area contributed by atoms with Crippen molar-refractivity contribution in [2.75, 3.05) is 33.4 Å². The topological polar surface area (TPSA) is 69.5 Å². The minimum Gasteiger partial charge on any atom is -0.497 e. The Morgan fingerprint density at radius 3 is 2.90 bits per heavy atom. The van der Waals surface area contributed by atoms with Gasteiger partial charge in [0, 0.05) is 43.7 Å². The Hall–Kier alpha value is -2.41. The first-order valence-electron chi connectivity index (χ1n) is 10.6. The Balaban J connectivity index is 1.39. The van der Waals surface area contributed by atoms with Gasteiger partial charge >= 0.3 is 0 Å². The summed E-state index contributed by atoms with van der Waals surface area (Å²) in [5.41, 5.74) is 1.03. The van der Waals surface area contributed by atoms with Gasteiger partial charge in [0.25, 0.3) is 0 Å². The minimum atomic E-state index is 0.0436. The highest BCUT2D eigenvalue weighted by molar-refractivity contribution is 5.79. The fourth-order valence-corrected chi connectivity index (χ4v) is 5.00. The zero-order valence-corrected chi connectivity index (χ0v) is 16.9. The second-order valence-electron chi connectivity index (χ2n) is 8.66. The average molecular weight is 396 g/mol. The summed E-state index contributed by atoms with van der Waals surface area (Å²) in [6.45, 7) is 3.01. The van der Waals surface area contributed by atoms with Crippen molar-refractivity contribution in [3.05, 3.63) is 42.0 Å². The molecule has 3 fully saturated rings. The van der Waals surface area contributed by atoms with Crippen LogP contribution in [0.5, 0.6) is 5.75 Å². The van der Waals surface area contributed by atoms with Crippen molar-refractivity contribution in [2.45, 2.75) is 44.1 Å². The van der Waals surface area contributed by atoms with E-state index in [0.29, 0.717) is 19.0 Å². The third-order valence-electron chi connectivity index (χ3n) is 6.83. The van der Waals surface area contributed by atoms with Gasteiger partial charge in [0.2, 0.25) is 5.91 Å². The van der Waals surface area contributed by atoms with Crippen LogP contribution in [-0.4, -0.2) is 59.0 Å². The number of rotatable bonds is 5. The zero-order chi connectivity index (χ0) is 19.8. The molecule has 2 aliphatic heterocycles. The molecule has 0 radical (unpaired) electrons. The molecule has 29 heavy (non-hydrogen) atoms. The number of hydrogen-bond donors (Lipinski definition) is 0. The molecule has 3 aliphatic rings. The summed E-state index contributed by atoms with van der Waals surface area (Å²) in [4.78, 5) is 15.2. The number of amides is 1. The van der Waals surface area contributed by atoms with Crippen LogP contribution in [0.15, 0.2) is 30.6 Å². The van der Waals surface area contributed by atoms with Gasteiger partial charge in [0.1, 0.15) is 17.9 Å². The van der Waals surface area contributed by atoms with Gasteiger partial charge in [-0.05, 0) is 43.4 Å². The van der Waals surface area contributed by atoms with Crippen LogP contribution in [0.1, 0.15) is 49.0 Å². The first kappa shape index (κ1) is 18.6. The van der Waals surface area contributed by atoms with Crippen LogP contribution in [0.25, 0.3) is 0 Å². The predicted octanol–water partition coefficient (Wildman–Crippen LogP) is 2.59. The quantitative estimate of drug-likeness (QED) is 0.777. The maximum absolute atomic E-state index is 13.2. The lowest BCUT2D eigenvalue weighted by atomic mass is 9.71. The number of carbonyl (C=O) groups excluding carboxylic acids is 1. The monoisotopic (exact) mass is 396 g/mol. The van der Waals surface area contributed by atoms with Crippen LogP contribution in [-0.2, 0) is 16.0 Å². The van der Waals surface area contributed by atoms with Crippen LogP contribution in [0.2, 0.25) is 0 Å². The Morgan fingerprint density at radius 2 is 2.14 bits per heavy atom. The molecule has 7 heteroatoms. The summed E-state index contributed by atoms with van der Waals surface area (Å²) >= 11 is 0. The van der Waals surface area contributed by atoms with E-state index in [0.717, 1.165) is 49.7 Å². The molecule has 1 amide bonds. The lowest BCUT2D eigenvalue weighted by Gasteiger charge is -2.37. The van der Waals surface area contributed by atoms with E-state index in [2.05, 4.69) is 14.8 Å². The van der Waals surface area contributed by atoms with Crippen molar-refractivity contribution in [3.8, 4) is 5.75 Å². The van der Waals surface area contributed by atoms with E-state index in [-0.39, 0.29) is 17.2 Å². The van der Waals surface area contributed by atoms with Crippen molar-refractivity contribution in [2.24, 2.45) is 5.41 Å². The van der Waals surface area contributed by atoms with E-state index < -0.39 is 0 Å². The molecule has 1 aromatic heterocycles. The Bertz CT molecular complexity index is 886. The van der Waals surface area contributed by atoms with Gasteiger partial charge in [0.15, 0.2) is 0 Å². The zero-order valence-electron chi connectivity index (χ0n) is 16.9. The van der Waals surface area contributed by atoms with Crippen molar-refractivity contribution in [3.63, 3.8) is 0 Å². The van der Waals surface area contributed by atoms with E-state index in [1.54, 1.807) is 7.11 Å². The highest BCUT2D eigenvalue weighted by atomic mass is 16.5. The van der Waals surface area contributed by atoms with Crippen LogP contribution in [0.4, 0.5) is 0 Å². The average Bonchev–Trinajstić information content (AvgIpc) is 3.37. The lowest BCUT2D eigenvalue weighted by molar-refractivity contribution is -0.130. The summed E-state index contributed by atoms with van der Waals surface area (Å²) in [6.07, 6.45) is 6.61. The maximum atomic E-state index is 13.2. The maximum Gasteiger partial charge on any atom is 0.227 e. The second kappa shape index (κ2) is 7.44. The first-order chi connectivity index (χ1) is 14.2. The number of methoxy groups -OCH3 is 1. The van der Waals surface area contributed by atoms with Crippen LogP contribution in [0.3, 0.4) is 0 Å². The summed E-state index contributed by atoms with van der Waals surface area (Å²) in [7, 11) is 1.65. The van der Waals surface area contributed by atoms with Gasteiger partial charge in [-0.2, -0.15) is 0 Å². The van der Waals surface area contributed by atoms with Crippen LogP contribution >= 0.6 is 0 Å². The molecule has 3 heterocycles. The van der Waals surface area contributed by atoms with Crippen LogP contribution < -0.4 is 4.74 Å². The number of likely N-dealkylation sites (tertiary alicyclic amines) is 1. The summed E-state index contributed by atoms with van der Waals surface area (Å²) in [5, 5.41) is 8.75. The van der Waals surface area contributed by atoms with E-state index in [1.165, 1.54) is 12.8 Å². The molecule has 0 N–H and O–H groups in total. The highest BCUT2D eigenvalue weighted by Gasteiger charge is 2.51. The highest BCUT2D eigenvalue weighted by Crippen LogP contribution is 2.50. The number of benzene rings is 1. The molecule has 5 rings (SSSR count). The smallest absolute Gasteiger partial charge is 0.227 e. The number of hydrogen-bond acceptors (Lipinski definition) is 5. The van der Waals surface area contributed by atoms with E-state index in [9.17, 15) is 4.79 Å². The van der Waals surface area contributed by atoms with E-state index in [1.807, 2.05) is 35.5 Å². The molecular formula is C22H28N4O3. The molecule has 1 atom stereocenters. The van der Waals surface area contributed by atoms with Crippen LogP contribution in [0, 0.1) is 5.41 Å². The lowest BCUT2D eigenvalue weighted by Crippen LogP contribution is -2.38. The predicted molar refractivity (Wildman–Crippen MR) is 107 cm³/mol. The van der Waals surface area contributed by atoms with Crippen molar-refractivity contribution in [1.29, 1.82) is 0 Å². The first-order valence-corrected chi connectivity index (χ1v) is 10.6. The number of ether oxygens (including phenoxy) is 2. The molecule has 2 aromatic rings. The number of carbonyl (C=O) groups is 1. The Kier molecular flexibility index (Phi) is 4.78. The standard InChI is InChI=1S/C22H28N4O3/c1-28-18-4-2-3-16(11-18)12-20(27)25-13-19(22(14-25)7-9-29-10-8-22)21-24-23-15-26(21)17-5-6-17/h2-4,11,15,17,19H,5-10,12-14H2,1H3. The summed E-state index contributed by atoms with van der Waals surface area (Å²) in [5.74, 6) is 2.24. The van der Waals surface area contributed by atoms with Crippen molar-refractivity contribution >= 4 is 5.91 Å². The molecule has 7 nitrogen and oxygen atoms in total. The van der Waals surface area contributed by atoms with Gasteiger partial charge in [0.05, 0.1) is 13.5 Å². The molecule has 154 valence electrons. The molecule has 1 aromatic carbocycles. The SMILES string of the molecule is COc1cccc(CC(=O)N2CC(c3nncn3C3CC3)C3(CCOCC3)C2)c1. The molecule has 1 spiro atoms. The fourth-order valence-electron chi connectivity index (χ4n) is 5.00. The largest absolute Gasteiger partial charge is 0.497 e. The summed E-state index contributed by atoms with van der Waals surface area (Å²) in [6, 6.07) is 8.31. The van der Waals surface area contributed by atoms with E-state index in [4.69, 9.17) is 9.47 Å². The number of nitrogens with zero attached hydrogens (tertiary/aromatic N) is 4. The van der Waals surface area contributed by atoms with Gasteiger partial charge in [-0.3, -0.25) is 4.79 Å². The normalized spacial score (nSPS) is 23.5. The third kappa shape index (κ3) is 3.52. The second-order valence-corrected chi connectivity index (χ2v) is 8.66. The fraction of sp³-hybridized carbons (Fsp3) is 0.591. The Labute approximate surface area is 171 Å². The minimum absolute atomic E-state index is 0.0436. The van der Waals surface area contributed by atoms with Crippen molar-refractivity contribution < 1.29 is 14.3 Å². The molecule has 1 saturated carbocycles. The van der Waals surface area contributed by atoms with Gasteiger partial charge in [-0.25, -0.2) is 0 Å². The molecule has 2 saturated heterocycles. The number of aromatic nitrogens is 3. The Morgan fingerprint density at radius 1 is 1.31 bits per heavy atom. The molecule has 1 unspecified atom stereocenters. The van der Waals surface area contributed by atoms with Gasteiger partial charge < -0.3 is 18.9 Å². The molecule has 0 bridgehead atoms. The van der Waals surface area contributed by atoms with Crippen molar-refractivity contribution in [1.82, 2.24) is 19.7 Å². The summed E-state index contributed by atoms with van der Waals surface area (Å²) < 4.78 is 13.2. The van der Waals surface area contributed by atoms with Gasteiger partial charge in [-0.15, -0.1) is 10.2 Å². The van der Waals surface area contributed by atoms with E-state index >= 15 is 0 Å². The molecular weight excluding hydrogens is 368 g/mol. The van der Waals surface area contributed by atoms with Gasteiger partial charge in [-0.1, -0.05) is 12.1 Å².